The molecule has 1 aliphatic heterocycles. The third-order valence-electron chi connectivity index (χ3n) is 8.12. The van der Waals surface area contributed by atoms with Gasteiger partial charge in [-0.15, -0.1) is 0 Å². The van der Waals surface area contributed by atoms with E-state index in [-0.39, 0.29) is 5.82 Å². The fourth-order valence-corrected chi connectivity index (χ4v) is 10.6. The molecule has 1 atom stereocenters. The van der Waals surface area contributed by atoms with Crippen LogP contribution in [0.3, 0.4) is 0 Å². The Balaban J connectivity index is 1.26. The lowest BCUT2D eigenvalue weighted by Crippen LogP contribution is -2.49. The standard InChI is InChI=1S/C28H37FSi/c1-3-30(28-16-4-22(2)5-17-28)20-18-24(19-21-30)7-6-23-8-10-25(11-9-23)26-12-14-27(29)15-13-26/h4-5,10,12-17,23-24H,3,6-9,11,18-21H2,1-2H3. The Morgan fingerprint density at radius 3 is 2.13 bits per heavy atom. The number of rotatable bonds is 6. The van der Waals surface area contributed by atoms with Crippen molar-refractivity contribution < 1.29 is 4.39 Å². The molecule has 0 amide bonds. The summed E-state index contributed by atoms with van der Waals surface area (Å²) in [6, 6.07) is 21.0. The molecule has 2 heteroatoms. The lowest BCUT2D eigenvalue weighted by atomic mass is 9.82. The zero-order chi connectivity index (χ0) is 21.0. The molecule has 1 unspecified atom stereocenters. The fraction of sp³-hybridized carbons (Fsp3) is 0.500. The Bertz CT molecular complexity index is 841. The van der Waals surface area contributed by atoms with E-state index in [9.17, 15) is 4.39 Å². The summed E-state index contributed by atoms with van der Waals surface area (Å²) < 4.78 is 13.2. The Morgan fingerprint density at radius 1 is 0.867 bits per heavy atom. The largest absolute Gasteiger partial charge is 0.207 e. The topological polar surface area (TPSA) is 0 Å². The number of allylic oxidation sites excluding steroid dienone is 2. The van der Waals surface area contributed by atoms with Crippen molar-refractivity contribution in [1.82, 2.24) is 0 Å². The Morgan fingerprint density at radius 2 is 1.53 bits per heavy atom. The highest BCUT2D eigenvalue weighted by atomic mass is 28.3. The monoisotopic (exact) mass is 420 g/mol. The summed E-state index contributed by atoms with van der Waals surface area (Å²) in [6.07, 6.45) is 11.8. The van der Waals surface area contributed by atoms with E-state index in [2.05, 4.69) is 44.2 Å². The molecule has 4 rings (SSSR count). The van der Waals surface area contributed by atoms with Crippen LogP contribution in [0, 0.1) is 24.6 Å². The van der Waals surface area contributed by atoms with E-state index < -0.39 is 8.07 Å². The predicted octanol–water partition coefficient (Wildman–Crippen LogP) is 7.88. The van der Waals surface area contributed by atoms with Crippen LogP contribution in [0.25, 0.3) is 5.57 Å². The molecule has 0 radical (unpaired) electrons. The van der Waals surface area contributed by atoms with Crippen LogP contribution in [0.5, 0.6) is 0 Å². The summed E-state index contributed by atoms with van der Waals surface area (Å²) in [5, 5.41) is 1.71. The van der Waals surface area contributed by atoms with Crippen molar-refractivity contribution in [2.45, 2.75) is 76.9 Å². The van der Waals surface area contributed by atoms with Crippen LogP contribution in [-0.2, 0) is 0 Å². The summed E-state index contributed by atoms with van der Waals surface area (Å²) in [5.74, 6) is 1.66. The van der Waals surface area contributed by atoms with Gasteiger partial charge < -0.3 is 0 Å². The van der Waals surface area contributed by atoms with E-state index in [0.29, 0.717) is 0 Å². The fourth-order valence-electron chi connectivity index (χ4n) is 5.82. The van der Waals surface area contributed by atoms with Crippen molar-refractivity contribution in [1.29, 1.82) is 0 Å². The van der Waals surface area contributed by atoms with Crippen molar-refractivity contribution in [3.63, 3.8) is 0 Å². The average molecular weight is 421 g/mol. The Kier molecular flexibility index (Phi) is 6.93. The third-order valence-corrected chi connectivity index (χ3v) is 13.5. The number of benzene rings is 2. The first-order valence-electron chi connectivity index (χ1n) is 12.1. The lowest BCUT2D eigenvalue weighted by molar-refractivity contribution is 0.353. The smallest absolute Gasteiger partial charge is 0.123 e. The zero-order valence-electron chi connectivity index (χ0n) is 18.8. The normalized spacial score (nSPS) is 27.0. The number of hydrogen-bond donors (Lipinski definition) is 0. The predicted molar refractivity (Wildman–Crippen MR) is 130 cm³/mol. The van der Waals surface area contributed by atoms with E-state index >= 15 is 0 Å². The molecule has 0 aromatic heterocycles. The van der Waals surface area contributed by atoms with Gasteiger partial charge in [-0.25, -0.2) is 4.39 Å². The van der Waals surface area contributed by atoms with E-state index in [1.54, 1.807) is 17.3 Å². The number of hydrogen-bond acceptors (Lipinski definition) is 0. The molecule has 1 saturated heterocycles. The summed E-state index contributed by atoms with van der Waals surface area (Å²) >= 11 is 0. The SMILES string of the molecule is CC[Si]1(c2ccc(C)cc2)CCC(CCC2CC=C(c3ccc(F)cc3)CC2)CC1. The van der Waals surface area contributed by atoms with Gasteiger partial charge in [0.25, 0.3) is 0 Å². The minimum atomic E-state index is -1.25. The number of halogens is 1. The highest BCUT2D eigenvalue weighted by molar-refractivity contribution is 6.92. The highest BCUT2D eigenvalue weighted by Gasteiger charge is 2.37. The molecule has 30 heavy (non-hydrogen) atoms. The molecule has 1 heterocycles. The van der Waals surface area contributed by atoms with Crippen LogP contribution in [0.2, 0.25) is 18.1 Å². The van der Waals surface area contributed by atoms with Crippen LogP contribution < -0.4 is 5.19 Å². The highest BCUT2D eigenvalue weighted by Crippen LogP contribution is 2.39. The van der Waals surface area contributed by atoms with E-state index in [0.717, 1.165) is 18.3 Å². The minimum absolute atomic E-state index is 0.141. The molecule has 2 aliphatic rings. The first-order chi connectivity index (χ1) is 14.6. The third kappa shape index (κ3) is 4.96. The van der Waals surface area contributed by atoms with Gasteiger partial charge in [0.1, 0.15) is 5.82 Å². The molecule has 0 bridgehead atoms. The molecule has 0 nitrogen and oxygen atoms in total. The van der Waals surface area contributed by atoms with Crippen molar-refractivity contribution >= 4 is 18.8 Å². The lowest BCUT2D eigenvalue weighted by Gasteiger charge is -2.39. The molecule has 0 spiro atoms. The average Bonchev–Trinajstić information content (AvgIpc) is 2.79. The zero-order valence-corrected chi connectivity index (χ0v) is 19.8. The molecular formula is C28H37FSi. The molecule has 0 N–H and O–H groups in total. The first-order valence-corrected chi connectivity index (χ1v) is 14.7. The Hall–Kier alpha value is -1.67. The quantitative estimate of drug-likeness (QED) is 0.417. The second-order valence-electron chi connectivity index (χ2n) is 9.90. The van der Waals surface area contributed by atoms with Crippen molar-refractivity contribution in [3.8, 4) is 0 Å². The second kappa shape index (κ2) is 9.64. The maximum atomic E-state index is 13.2. The summed E-state index contributed by atoms with van der Waals surface area (Å²) in [7, 11) is -1.25. The van der Waals surface area contributed by atoms with Crippen molar-refractivity contribution in [3.05, 3.63) is 71.6 Å². The molecule has 0 saturated carbocycles. The van der Waals surface area contributed by atoms with Crippen LogP contribution in [0.1, 0.15) is 63.0 Å². The van der Waals surface area contributed by atoms with Gasteiger partial charge in [-0.1, -0.05) is 97.5 Å². The Labute approximate surface area is 183 Å². The van der Waals surface area contributed by atoms with Gasteiger partial charge in [-0.05, 0) is 67.7 Å². The maximum absolute atomic E-state index is 13.2. The summed E-state index contributed by atoms with van der Waals surface area (Å²) in [6.45, 7) is 4.64. The van der Waals surface area contributed by atoms with Gasteiger partial charge in [0, 0.05) is 0 Å². The molecule has 2 aromatic carbocycles. The van der Waals surface area contributed by atoms with Crippen molar-refractivity contribution in [2.75, 3.05) is 0 Å². The van der Waals surface area contributed by atoms with Gasteiger partial charge in [-0.3, -0.25) is 0 Å². The number of aryl methyl sites for hydroxylation is 1. The maximum Gasteiger partial charge on any atom is 0.123 e. The summed E-state index contributed by atoms with van der Waals surface area (Å²) in [4.78, 5) is 0. The van der Waals surface area contributed by atoms with Gasteiger partial charge >= 0.3 is 0 Å². The van der Waals surface area contributed by atoms with Gasteiger partial charge in [-0.2, -0.15) is 0 Å². The van der Waals surface area contributed by atoms with E-state index in [4.69, 9.17) is 0 Å². The minimum Gasteiger partial charge on any atom is -0.207 e. The van der Waals surface area contributed by atoms with Gasteiger partial charge in [0.15, 0.2) is 0 Å². The van der Waals surface area contributed by atoms with Crippen LogP contribution >= 0.6 is 0 Å². The molecule has 1 aliphatic carbocycles. The molecular weight excluding hydrogens is 383 g/mol. The van der Waals surface area contributed by atoms with E-state index in [1.165, 1.54) is 73.4 Å². The van der Waals surface area contributed by atoms with Gasteiger partial charge in [0.05, 0.1) is 8.07 Å². The second-order valence-corrected chi connectivity index (χ2v) is 14.7. The van der Waals surface area contributed by atoms with Crippen LogP contribution in [0.15, 0.2) is 54.6 Å². The molecule has 1 fully saturated rings. The van der Waals surface area contributed by atoms with Crippen LogP contribution in [0.4, 0.5) is 4.39 Å². The van der Waals surface area contributed by atoms with Crippen LogP contribution in [-0.4, -0.2) is 8.07 Å². The molecule has 160 valence electrons. The molecule has 2 aromatic rings. The van der Waals surface area contributed by atoms with Crippen molar-refractivity contribution in [2.24, 2.45) is 11.8 Å². The first kappa shape index (κ1) is 21.6. The van der Waals surface area contributed by atoms with Gasteiger partial charge in [0.2, 0.25) is 0 Å². The summed E-state index contributed by atoms with van der Waals surface area (Å²) in [5.41, 5.74) is 4.01. The van der Waals surface area contributed by atoms with E-state index in [1.807, 2.05) is 12.1 Å².